The minimum atomic E-state index is -0.322. The summed E-state index contributed by atoms with van der Waals surface area (Å²) in [5.41, 5.74) is 2.40. The highest BCUT2D eigenvalue weighted by Crippen LogP contribution is 2.24. The number of hydrogen-bond donors (Lipinski definition) is 0. The lowest BCUT2D eigenvalue weighted by Crippen LogP contribution is -2.22. The van der Waals surface area contributed by atoms with E-state index in [9.17, 15) is 0 Å². The molecule has 0 fully saturated rings. The second kappa shape index (κ2) is 6.62. The first-order valence-electron chi connectivity index (χ1n) is 5.87. The van der Waals surface area contributed by atoms with Crippen LogP contribution in [-0.2, 0) is 9.47 Å². The first-order valence-corrected chi connectivity index (χ1v) is 5.87. The third-order valence-corrected chi connectivity index (χ3v) is 2.78. The van der Waals surface area contributed by atoms with E-state index in [4.69, 9.17) is 14.2 Å². The Morgan fingerprint density at radius 1 is 1.12 bits per heavy atom. The lowest BCUT2D eigenvalue weighted by atomic mass is 10.0. The number of hydrogen-bond acceptors (Lipinski definition) is 3. The van der Waals surface area contributed by atoms with Crippen LogP contribution in [0.1, 0.15) is 30.9 Å². The van der Waals surface area contributed by atoms with Crippen molar-refractivity contribution in [3.63, 3.8) is 0 Å². The van der Waals surface area contributed by atoms with Gasteiger partial charge in [-0.3, -0.25) is 0 Å². The number of benzene rings is 1. The van der Waals surface area contributed by atoms with E-state index >= 15 is 0 Å². The maximum Gasteiger partial charge on any atom is 0.191 e. The van der Waals surface area contributed by atoms with Gasteiger partial charge in [0.1, 0.15) is 12.4 Å². The van der Waals surface area contributed by atoms with Crippen LogP contribution in [0.25, 0.3) is 0 Å². The van der Waals surface area contributed by atoms with Crippen LogP contribution in [-0.4, -0.2) is 27.1 Å². The summed E-state index contributed by atoms with van der Waals surface area (Å²) in [6.07, 6.45) is -0.322. The van der Waals surface area contributed by atoms with E-state index in [0.29, 0.717) is 12.5 Å². The lowest BCUT2D eigenvalue weighted by molar-refractivity contribution is -0.122. The molecule has 0 radical (unpaired) electrons. The van der Waals surface area contributed by atoms with E-state index < -0.39 is 0 Å². The standard InChI is InChI=1S/C14H22O3/c1-10(2)12-7-6-11(3)13(8-12)17-9-14(15-4)16-5/h6-8,10,14H,9H2,1-5H3. The summed E-state index contributed by atoms with van der Waals surface area (Å²) in [7, 11) is 3.21. The van der Waals surface area contributed by atoms with Crippen molar-refractivity contribution in [2.24, 2.45) is 0 Å². The number of methoxy groups -OCH3 is 2. The molecule has 1 aromatic carbocycles. The highest BCUT2D eigenvalue weighted by atomic mass is 16.7. The molecule has 0 aliphatic heterocycles. The Morgan fingerprint density at radius 2 is 1.76 bits per heavy atom. The predicted octanol–water partition coefficient (Wildman–Crippen LogP) is 3.12. The molecule has 17 heavy (non-hydrogen) atoms. The minimum absolute atomic E-state index is 0.322. The molecule has 3 heteroatoms. The molecule has 3 nitrogen and oxygen atoms in total. The average Bonchev–Trinajstić information content (AvgIpc) is 2.32. The van der Waals surface area contributed by atoms with E-state index in [1.807, 2.05) is 6.92 Å². The molecule has 96 valence electrons. The van der Waals surface area contributed by atoms with Crippen molar-refractivity contribution >= 4 is 0 Å². The van der Waals surface area contributed by atoms with Crippen molar-refractivity contribution in [3.8, 4) is 5.75 Å². The highest BCUT2D eigenvalue weighted by Gasteiger charge is 2.09. The van der Waals surface area contributed by atoms with Crippen molar-refractivity contribution in [2.45, 2.75) is 33.0 Å². The maximum absolute atomic E-state index is 5.72. The molecule has 0 spiro atoms. The molecule has 0 saturated carbocycles. The van der Waals surface area contributed by atoms with Crippen LogP contribution in [0.5, 0.6) is 5.75 Å². The smallest absolute Gasteiger partial charge is 0.191 e. The number of rotatable bonds is 6. The molecule has 0 aliphatic carbocycles. The second-order valence-electron chi connectivity index (χ2n) is 4.39. The van der Waals surface area contributed by atoms with E-state index in [1.165, 1.54) is 5.56 Å². The third kappa shape index (κ3) is 4.02. The summed E-state index contributed by atoms with van der Waals surface area (Å²) in [5, 5.41) is 0. The normalized spacial score (nSPS) is 11.2. The molecule has 0 atom stereocenters. The van der Waals surface area contributed by atoms with Gasteiger partial charge < -0.3 is 14.2 Å². The van der Waals surface area contributed by atoms with Gasteiger partial charge in [0.25, 0.3) is 0 Å². The Bertz CT molecular complexity index is 343. The molecule has 0 N–H and O–H groups in total. The summed E-state index contributed by atoms with van der Waals surface area (Å²) in [6, 6.07) is 6.30. The van der Waals surface area contributed by atoms with Gasteiger partial charge in [-0.2, -0.15) is 0 Å². The monoisotopic (exact) mass is 238 g/mol. The first kappa shape index (κ1) is 14.0. The molecule has 0 bridgehead atoms. The quantitative estimate of drug-likeness (QED) is 0.713. The Hall–Kier alpha value is -1.06. The van der Waals surface area contributed by atoms with Crippen LogP contribution in [0.4, 0.5) is 0 Å². The zero-order chi connectivity index (χ0) is 12.8. The average molecular weight is 238 g/mol. The van der Waals surface area contributed by atoms with Gasteiger partial charge in [-0.1, -0.05) is 26.0 Å². The van der Waals surface area contributed by atoms with Gasteiger partial charge in [-0.15, -0.1) is 0 Å². The van der Waals surface area contributed by atoms with Crippen molar-refractivity contribution in [1.82, 2.24) is 0 Å². The topological polar surface area (TPSA) is 27.7 Å². The van der Waals surface area contributed by atoms with Gasteiger partial charge in [0, 0.05) is 14.2 Å². The van der Waals surface area contributed by atoms with E-state index in [2.05, 4.69) is 32.0 Å². The van der Waals surface area contributed by atoms with Gasteiger partial charge in [-0.05, 0) is 30.0 Å². The molecule has 0 heterocycles. The van der Waals surface area contributed by atoms with E-state index in [1.54, 1.807) is 14.2 Å². The van der Waals surface area contributed by atoms with Crippen LogP contribution < -0.4 is 4.74 Å². The second-order valence-corrected chi connectivity index (χ2v) is 4.39. The van der Waals surface area contributed by atoms with Crippen LogP contribution in [0.15, 0.2) is 18.2 Å². The minimum Gasteiger partial charge on any atom is -0.488 e. The largest absolute Gasteiger partial charge is 0.488 e. The van der Waals surface area contributed by atoms with Gasteiger partial charge in [0.05, 0.1) is 0 Å². The Balaban J connectivity index is 2.72. The summed E-state index contributed by atoms with van der Waals surface area (Å²) >= 11 is 0. The van der Waals surface area contributed by atoms with Gasteiger partial charge in [0.15, 0.2) is 6.29 Å². The van der Waals surface area contributed by atoms with Crippen molar-refractivity contribution in [2.75, 3.05) is 20.8 Å². The fraction of sp³-hybridized carbons (Fsp3) is 0.571. The van der Waals surface area contributed by atoms with Gasteiger partial charge in [0.2, 0.25) is 0 Å². The number of ether oxygens (including phenoxy) is 3. The summed E-state index contributed by atoms with van der Waals surface area (Å²) < 4.78 is 15.9. The molecule has 0 unspecified atom stereocenters. The molecule has 0 amide bonds. The predicted molar refractivity (Wildman–Crippen MR) is 68.6 cm³/mol. The van der Waals surface area contributed by atoms with E-state index in [-0.39, 0.29) is 6.29 Å². The molecule has 0 aromatic heterocycles. The fourth-order valence-electron chi connectivity index (χ4n) is 1.52. The van der Waals surface area contributed by atoms with Crippen LogP contribution in [0.3, 0.4) is 0 Å². The SMILES string of the molecule is COC(COc1cc(C(C)C)ccc1C)OC. The lowest BCUT2D eigenvalue weighted by Gasteiger charge is -2.17. The Morgan fingerprint density at radius 3 is 2.29 bits per heavy atom. The third-order valence-electron chi connectivity index (χ3n) is 2.78. The Kier molecular flexibility index (Phi) is 5.45. The van der Waals surface area contributed by atoms with Gasteiger partial charge in [-0.25, -0.2) is 0 Å². The fourth-order valence-corrected chi connectivity index (χ4v) is 1.52. The zero-order valence-corrected chi connectivity index (χ0v) is 11.3. The molecule has 0 aliphatic rings. The first-order chi connectivity index (χ1) is 8.08. The van der Waals surface area contributed by atoms with Crippen LogP contribution in [0.2, 0.25) is 0 Å². The van der Waals surface area contributed by atoms with Crippen molar-refractivity contribution in [1.29, 1.82) is 0 Å². The molecular weight excluding hydrogens is 216 g/mol. The summed E-state index contributed by atoms with van der Waals surface area (Å²) in [5.74, 6) is 1.40. The molecular formula is C14H22O3. The van der Waals surface area contributed by atoms with Crippen molar-refractivity contribution in [3.05, 3.63) is 29.3 Å². The summed E-state index contributed by atoms with van der Waals surface area (Å²) in [6.45, 7) is 6.77. The van der Waals surface area contributed by atoms with Crippen molar-refractivity contribution < 1.29 is 14.2 Å². The van der Waals surface area contributed by atoms with Crippen LogP contribution in [0, 0.1) is 6.92 Å². The molecule has 1 aromatic rings. The zero-order valence-electron chi connectivity index (χ0n) is 11.3. The number of aryl methyl sites for hydroxylation is 1. The van der Waals surface area contributed by atoms with Crippen LogP contribution >= 0.6 is 0 Å². The highest BCUT2D eigenvalue weighted by molar-refractivity contribution is 5.37. The maximum atomic E-state index is 5.72. The summed E-state index contributed by atoms with van der Waals surface area (Å²) in [4.78, 5) is 0. The molecule has 0 saturated heterocycles. The Labute approximate surface area is 104 Å². The van der Waals surface area contributed by atoms with Gasteiger partial charge >= 0.3 is 0 Å². The molecule has 1 rings (SSSR count). The van der Waals surface area contributed by atoms with E-state index in [0.717, 1.165) is 11.3 Å².